The van der Waals surface area contributed by atoms with E-state index in [0.29, 0.717) is 62.6 Å². The first kappa shape index (κ1) is 25.2. The number of carbonyl (C=O) groups is 4. The minimum atomic E-state index is -0.362. The summed E-state index contributed by atoms with van der Waals surface area (Å²) in [7, 11) is 0. The number of piperazine rings is 1. The van der Waals surface area contributed by atoms with Crippen molar-refractivity contribution in [1.29, 1.82) is 0 Å². The molecule has 1 atom stereocenters. The van der Waals surface area contributed by atoms with Crippen molar-refractivity contribution in [1.82, 2.24) is 30.1 Å². The van der Waals surface area contributed by atoms with Crippen LogP contribution in [0.2, 0.25) is 0 Å². The number of carbonyl (C=O) groups excluding carboxylic acids is 4. The highest BCUT2D eigenvalue weighted by molar-refractivity contribution is 5.99. The summed E-state index contributed by atoms with van der Waals surface area (Å²) in [6.45, 7) is 6.49. The van der Waals surface area contributed by atoms with Crippen LogP contribution < -0.4 is 10.2 Å². The Morgan fingerprint density at radius 1 is 1.13 bits per heavy atom. The first-order valence-electron chi connectivity index (χ1n) is 12.7. The average molecular weight is 516 g/mol. The number of pyridine rings is 1. The number of imide groups is 1. The van der Waals surface area contributed by atoms with Crippen molar-refractivity contribution in [3.8, 4) is 11.4 Å². The maximum atomic E-state index is 13.1. The van der Waals surface area contributed by atoms with Crippen molar-refractivity contribution in [3.63, 3.8) is 0 Å². The maximum Gasteiger partial charge on any atom is 0.254 e. The second-order valence-corrected chi connectivity index (χ2v) is 9.62. The van der Waals surface area contributed by atoms with E-state index in [0.717, 1.165) is 22.3 Å². The van der Waals surface area contributed by atoms with Gasteiger partial charge in [-0.05, 0) is 43.2 Å². The van der Waals surface area contributed by atoms with Crippen molar-refractivity contribution in [3.05, 3.63) is 47.7 Å². The van der Waals surface area contributed by atoms with Gasteiger partial charge in [-0.15, -0.1) is 0 Å². The number of fused-ring (bicyclic) bond motifs is 2. The van der Waals surface area contributed by atoms with Crippen LogP contribution in [0.25, 0.3) is 22.4 Å². The van der Waals surface area contributed by atoms with Crippen molar-refractivity contribution >= 4 is 41.0 Å². The second-order valence-electron chi connectivity index (χ2n) is 9.62. The summed E-state index contributed by atoms with van der Waals surface area (Å²) >= 11 is 0. The van der Waals surface area contributed by atoms with Crippen LogP contribution in [0.15, 0.2) is 36.5 Å². The molecule has 0 bridgehead atoms. The van der Waals surface area contributed by atoms with E-state index in [4.69, 9.17) is 9.97 Å². The van der Waals surface area contributed by atoms with Crippen LogP contribution in [0.3, 0.4) is 0 Å². The molecule has 1 fully saturated rings. The van der Waals surface area contributed by atoms with E-state index in [1.807, 2.05) is 36.1 Å². The molecule has 1 unspecified atom stereocenters. The maximum absolute atomic E-state index is 13.1. The lowest BCUT2D eigenvalue weighted by molar-refractivity contribution is -0.129. The summed E-state index contributed by atoms with van der Waals surface area (Å²) in [5, 5.41) is 2.98. The van der Waals surface area contributed by atoms with Gasteiger partial charge in [0.05, 0.1) is 5.39 Å². The van der Waals surface area contributed by atoms with Crippen LogP contribution in [0, 0.1) is 0 Å². The third-order valence-corrected chi connectivity index (χ3v) is 7.21. The Labute approximate surface area is 219 Å². The van der Waals surface area contributed by atoms with Gasteiger partial charge in [0.1, 0.15) is 5.82 Å². The number of benzene rings is 1. The van der Waals surface area contributed by atoms with Gasteiger partial charge in [0.25, 0.3) is 5.91 Å². The van der Waals surface area contributed by atoms with E-state index < -0.39 is 0 Å². The zero-order chi connectivity index (χ0) is 26.8. The van der Waals surface area contributed by atoms with Gasteiger partial charge in [0, 0.05) is 69.4 Å². The monoisotopic (exact) mass is 515 g/mol. The Morgan fingerprint density at radius 2 is 1.92 bits per heavy atom. The van der Waals surface area contributed by atoms with Crippen LogP contribution in [0.5, 0.6) is 0 Å². The average Bonchev–Trinajstić information content (AvgIpc) is 3.27. The largest absolute Gasteiger partial charge is 0.352 e. The molecule has 11 nitrogen and oxygen atoms in total. The molecule has 1 saturated heterocycles. The van der Waals surface area contributed by atoms with Gasteiger partial charge in [0.15, 0.2) is 11.5 Å². The third kappa shape index (κ3) is 4.91. The molecule has 11 heteroatoms. The van der Waals surface area contributed by atoms with E-state index in [9.17, 15) is 19.2 Å². The number of anilines is 1. The Balaban J connectivity index is 1.40. The number of hydrogen-bond acceptors (Lipinski definition) is 8. The molecular formula is C27H29N7O4. The number of hydrogen-bond donors (Lipinski definition) is 1. The van der Waals surface area contributed by atoms with Gasteiger partial charge in [-0.1, -0.05) is 6.07 Å². The van der Waals surface area contributed by atoms with Gasteiger partial charge in [0.2, 0.25) is 18.2 Å². The predicted molar refractivity (Wildman–Crippen MR) is 140 cm³/mol. The quantitative estimate of drug-likeness (QED) is 0.472. The van der Waals surface area contributed by atoms with Gasteiger partial charge in [-0.3, -0.25) is 24.5 Å². The highest BCUT2D eigenvalue weighted by atomic mass is 16.2. The molecule has 1 N–H and O–H groups in total. The Kier molecular flexibility index (Phi) is 6.99. The van der Waals surface area contributed by atoms with Crippen molar-refractivity contribution in [2.24, 2.45) is 0 Å². The lowest BCUT2D eigenvalue weighted by atomic mass is 10.1. The highest BCUT2D eigenvalue weighted by Crippen LogP contribution is 2.32. The molecule has 4 amide bonds. The summed E-state index contributed by atoms with van der Waals surface area (Å²) in [5.41, 5.74) is 2.87. The van der Waals surface area contributed by atoms with E-state index in [-0.39, 0.29) is 30.2 Å². The van der Waals surface area contributed by atoms with Gasteiger partial charge in [-0.25, -0.2) is 15.0 Å². The molecule has 4 heterocycles. The molecule has 2 aliphatic rings. The van der Waals surface area contributed by atoms with Crippen molar-refractivity contribution in [2.45, 2.75) is 39.3 Å². The zero-order valence-corrected chi connectivity index (χ0v) is 21.4. The molecule has 0 aliphatic carbocycles. The molecule has 38 heavy (non-hydrogen) atoms. The SMILES string of the molecule is CC(=O)N1CCN(c2nc(-c3ccc4c(c3)CN(C(C)CCC(=O)NC=O)C4=O)nc3ncccc23)CC1. The fourth-order valence-corrected chi connectivity index (χ4v) is 5.02. The zero-order valence-electron chi connectivity index (χ0n) is 21.4. The van der Waals surface area contributed by atoms with Gasteiger partial charge < -0.3 is 14.7 Å². The Morgan fingerprint density at radius 3 is 2.66 bits per heavy atom. The van der Waals surface area contributed by atoms with E-state index in [1.54, 1.807) is 24.1 Å². The number of amides is 4. The summed E-state index contributed by atoms with van der Waals surface area (Å²) in [4.78, 5) is 66.8. The van der Waals surface area contributed by atoms with E-state index >= 15 is 0 Å². The van der Waals surface area contributed by atoms with Crippen molar-refractivity contribution in [2.75, 3.05) is 31.1 Å². The van der Waals surface area contributed by atoms with Crippen LogP contribution in [0.4, 0.5) is 5.82 Å². The molecule has 3 aromatic rings. The molecule has 196 valence electrons. The lowest BCUT2D eigenvalue weighted by Crippen LogP contribution is -2.48. The number of nitrogens with zero attached hydrogens (tertiary/aromatic N) is 6. The normalized spacial score (nSPS) is 15.9. The second kappa shape index (κ2) is 10.5. The van der Waals surface area contributed by atoms with Crippen molar-refractivity contribution < 1.29 is 19.2 Å². The van der Waals surface area contributed by atoms with Crippen LogP contribution in [-0.2, 0) is 20.9 Å². The highest BCUT2D eigenvalue weighted by Gasteiger charge is 2.31. The lowest BCUT2D eigenvalue weighted by Gasteiger charge is -2.35. The fraction of sp³-hybridized carbons (Fsp3) is 0.370. The Hall–Kier alpha value is -4.41. The first-order valence-corrected chi connectivity index (χ1v) is 12.7. The molecule has 0 radical (unpaired) electrons. The number of nitrogens with one attached hydrogen (secondary N) is 1. The third-order valence-electron chi connectivity index (χ3n) is 7.21. The molecule has 5 rings (SSSR count). The number of aromatic nitrogens is 3. The van der Waals surface area contributed by atoms with Crippen LogP contribution >= 0.6 is 0 Å². The first-order chi connectivity index (χ1) is 18.4. The van der Waals surface area contributed by atoms with Gasteiger partial charge in [-0.2, -0.15) is 0 Å². The predicted octanol–water partition coefficient (Wildman–Crippen LogP) is 1.76. The smallest absolute Gasteiger partial charge is 0.254 e. The topological polar surface area (TPSA) is 129 Å². The molecule has 0 spiro atoms. The van der Waals surface area contributed by atoms with Crippen LogP contribution in [-0.4, -0.2) is 81.1 Å². The summed E-state index contributed by atoms with van der Waals surface area (Å²) in [6, 6.07) is 9.24. The van der Waals surface area contributed by atoms with Gasteiger partial charge >= 0.3 is 0 Å². The fourth-order valence-electron chi connectivity index (χ4n) is 5.02. The summed E-state index contributed by atoms with van der Waals surface area (Å²) in [6.07, 6.45) is 2.68. The molecular weight excluding hydrogens is 486 g/mol. The molecule has 2 aliphatic heterocycles. The van der Waals surface area contributed by atoms with Crippen LogP contribution in [0.1, 0.15) is 42.6 Å². The number of rotatable bonds is 7. The Bertz CT molecular complexity index is 1420. The summed E-state index contributed by atoms with van der Waals surface area (Å²) < 4.78 is 0. The summed E-state index contributed by atoms with van der Waals surface area (Å²) in [5.74, 6) is 0.924. The minimum absolute atomic E-state index is 0.0693. The molecule has 0 saturated carbocycles. The minimum Gasteiger partial charge on any atom is -0.352 e. The standard InChI is InChI=1S/C27H29N7O4/c1-17(5-8-23(37)29-16-35)34-15-20-14-19(6-7-21(20)27(34)38)24-30-25-22(4-3-9-28-25)26(31-24)33-12-10-32(11-13-33)18(2)36/h3-4,6-7,9,14,16-17H,5,8,10-13,15H2,1-2H3,(H,29,35,37). The van der Waals surface area contributed by atoms with E-state index in [1.165, 1.54) is 0 Å². The molecule has 1 aromatic carbocycles. The molecule has 2 aromatic heterocycles. The van der Waals surface area contributed by atoms with E-state index in [2.05, 4.69) is 15.2 Å².